The number of aliphatic hydroxyl groups excluding tert-OH is 1. The maximum absolute atomic E-state index is 13.4. The number of hydrogen-bond donors (Lipinski definition) is 5. The van der Waals surface area contributed by atoms with Gasteiger partial charge in [-0.05, 0) is 158 Å². The molecule has 4 unspecified atom stereocenters. The molecule has 6 aromatic carbocycles. The van der Waals surface area contributed by atoms with Crippen LogP contribution in [0.4, 0.5) is 22.7 Å². The first-order chi connectivity index (χ1) is 35.9. The molecule has 6 aromatic rings. The summed E-state index contributed by atoms with van der Waals surface area (Å²) in [5.74, 6) is -1.78. The van der Waals surface area contributed by atoms with Gasteiger partial charge in [0.1, 0.15) is 17.2 Å². The molecule has 4 atom stereocenters. The van der Waals surface area contributed by atoms with E-state index in [1.165, 1.54) is 12.1 Å². The summed E-state index contributed by atoms with van der Waals surface area (Å²) in [5.41, 5.74) is 6.19. The first kappa shape index (κ1) is 60.7. The molecule has 8 rings (SSSR count). The second-order valence-electron chi connectivity index (χ2n) is 18.2. The van der Waals surface area contributed by atoms with E-state index in [-0.39, 0.29) is 110 Å². The lowest BCUT2D eigenvalue weighted by Crippen LogP contribution is -3.00. The van der Waals surface area contributed by atoms with Crippen LogP contribution in [0.15, 0.2) is 115 Å². The molecule has 0 heterocycles. The average molecular weight is 1360 g/mol. The van der Waals surface area contributed by atoms with Crippen LogP contribution in [0, 0.1) is 0 Å². The molecule has 402 valence electrons. The monoisotopic (exact) mass is 1360 g/mol. The van der Waals surface area contributed by atoms with Crippen molar-refractivity contribution >= 4 is 110 Å². The molecule has 0 aromatic heterocycles. The van der Waals surface area contributed by atoms with E-state index in [2.05, 4.69) is 69.0 Å². The molecule has 76 heavy (non-hydrogen) atoms. The highest BCUT2D eigenvalue weighted by Crippen LogP contribution is 2.42. The van der Waals surface area contributed by atoms with Crippen molar-refractivity contribution < 1.29 is 80.5 Å². The summed E-state index contributed by atoms with van der Waals surface area (Å²) < 4.78 is 31.2. The van der Waals surface area contributed by atoms with E-state index < -0.39 is 0 Å². The number of carbonyl (C=O) groups excluding carboxylic acids is 4. The lowest BCUT2D eigenvalue weighted by atomic mass is 9.82. The second kappa shape index (κ2) is 27.9. The Morgan fingerprint density at radius 2 is 0.934 bits per heavy atom. The number of hydrogen-bond acceptors (Lipinski definition) is 13. The lowest BCUT2D eigenvalue weighted by Gasteiger charge is -2.22. The summed E-state index contributed by atoms with van der Waals surface area (Å²) in [6, 6.07) is 27.4. The quantitative estimate of drug-likeness (QED) is 0.0342. The van der Waals surface area contributed by atoms with Crippen molar-refractivity contribution in [2.24, 2.45) is 0 Å². The molecule has 0 bridgehead atoms. The average Bonchev–Trinajstić information content (AvgIpc) is 3.39. The minimum absolute atomic E-state index is 0. The Balaban J connectivity index is 0.000000244. The topological polar surface area (TPSA) is 204 Å². The summed E-state index contributed by atoms with van der Waals surface area (Å²) in [6.45, 7) is 10.1. The van der Waals surface area contributed by atoms with Crippen LogP contribution >= 0.6 is 63.7 Å². The molecule has 0 radical (unpaired) electrons. The van der Waals surface area contributed by atoms with Crippen LogP contribution in [-0.4, -0.2) is 110 Å². The predicted octanol–water partition coefficient (Wildman–Crippen LogP) is 8.00. The van der Waals surface area contributed by atoms with E-state index >= 15 is 0 Å². The number of halogens is 5. The Bertz CT molecular complexity index is 3070. The number of rotatable bonds is 21. The van der Waals surface area contributed by atoms with E-state index in [9.17, 15) is 29.4 Å². The first-order valence-corrected chi connectivity index (χ1v) is 27.3. The van der Waals surface area contributed by atoms with Crippen LogP contribution < -0.4 is 27.6 Å². The Morgan fingerprint density at radius 1 is 0.526 bits per heavy atom. The van der Waals surface area contributed by atoms with E-state index in [4.69, 9.17) is 28.8 Å². The van der Waals surface area contributed by atoms with Gasteiger partial charge in [0.05, 0.1) is 107 Å². The SMILES string of the molecule is CC(CO)OCC(C)OCCc1cc(Br)c(Nc2ccc(O)c3c2C(=O)c2ccccc2C3=O)c(Br)c1.COCC(C)OCC(C)OCCc1cc(Br)c([NH2+]c2ccc(O)c3c2C(=O)c2ccccc2C3=O)c(Br)c1.[Br-]. The number of aliphatic hydroxyl groups is 1. The maximum Gasteiger partial charge on any atom is 0.200 e. The number of fused-ring (bicyclic) bond motifs is 4. The smallest absolute Gasteiger partial charge is 0.200 e. The fourth-order valence-electron chi connectivity index (χ4n) is 8.55. The number of nitrogens with two attached hydrogens (primary N) is 1. The molecule has 19 heteroatoms. The van der Waals surface area contributed by atoms with Crippen molar-refractivity contribution in [3.05, 3.63) is 171 Å². The molecule has 0 spiro atoms. The number of anilines is 2. The second-order valence-corrected chi connectivity index (χ2v) is 21.6. The van der Waals surface area contributed by atoms with Crippen molar-refractivity contribution in [3.8, 4) is 11.5 Å². The number of methoxy groups -OCH3 is 1. The van der Waals surface area contributed by atoms with Crippen molar-refractivity contribution in [1.29, 1.82) is 0 Å². The van der Waals surface area contributed by atoms with E-state index in [1.54, 1.807) is 74.7 Å². The van der Waals surface area contributed by atoms with Gasteiger partial charge in [0.15, 0.2) is 23.0 Å². The van der Waals surface area contributed by atoms with Crippen LogP contribution in [0.3, 0.4) is 0 Å². The van der Waals surface area contributed by atoms with Crippen LogP contribution in [0.5, 0.6) is 11.5 Å². The molecule has 0 saturated carbocycles. The zero-order valence-corrected chi connectivity index (χ0v) is 50.1. The summed E-state index contributed by atoms with van der Waals surface area (Å²) in [7, 11) is 1.65. The number of quaternary nitrogens is 1. The maximum atomic E-state index is 13.4. The summed E-state index contributed by atoms with van der Waals surface area (Å²) in [5, 5.41) is 35.1. The summed E-state index contributed by atoms with van der Waals surface area (Å²) in [4.78, 5) is 53.0. The fourth-order valence-corrected chi connectivity index (χ4v) is 11.5. The molecular formula is C57H57Br5N2O12. The number of phenols is 2. The summed E-state index contributed by atoms with van der Waals surface area (Å²) >= 11 is 14.5. The highest BCUT2D eigenvalue weighted by molar-refractivity contribution is 9.11. The minimum Gasteiger partial charge on any atom is -1.00 e. The normalized spacial score (nSPS) is 14.0. The molecule has 0 aliphatic heterocycles. The third kappa shape index (κ3) is 14.4. The van der Waals surface area contributed by atoms with E-state index in [1.807, 2.05) is 50.4 Å². The predicted molar refractivity (Wildman–Crippen MR) is 299 cm³/mol. The first-order valence-electron chi connectivity index (χ1n) is 24.1. The largest absolute Gasteiger partial charge is 1.00 e. The number of ether oxygens (including phenoxy) is 5. The van der Waals surface area contributed by atoms with E-state index in [0.29, 0.717) is 79.6 Å². The van der Waals surface area contributed by atoms with Gasteiger partial charge in [0.25, 0.3) is 0 Å². The van der Waals surface area contributed by atoms with Gasteiger partial charge in [-0.1, -0.05) is 48.5 Å². The Hall–Kier alpha value is -4.48. The van der Waals surface area contributed by atoms with Gasteiger partial charge in [-0.25, -0.2) is 0 Å². The molecule has 0 fully saturated rings. The fraction of sp³-hybridized carbons (Fsp3) is 0.298. The van der Waals surface area contributed by atoms with Crippen molar-refractivity contribution in [2.75, 3.05) is 52.1 Å². The van der Waals surface area contributed by atoms with Crippen LogP contribution in [0.25, 0.3) is 0 Å². The molecule has 14 nitrogen and oxygen atoms in total. The number of phenolic OH excluding ortho intramolecular Hbond substituents is 2. The number of nitrogens with one attached hydrogen (secondary N) is 1. The highest BCUT2D eigenvalue weighted by atomic mass is 79.9. The minimum atomic E-state index is -0.384. The van der Waals surface area contributed by atoms with Gasteiger partial charge in [0, 0.05) is 44.4 Å². The third-order valence-electron chi connectivity index (χ3n) is 12.4. The Labute approximate surface area is 485 Å². The Morgan fingerprint density at radius 3 is 1.41 bits per heavy atom. The van der Waals surface area contributed by atoms with Gasteiger partial charge in [-0.15, -0.1) is 0 Å². The molecular weight excluding hydrogens is 1300 g/mol. The Kier molecular flexibility index (Phi) is 22.3. The zero-order chi connectivity index (χ0) is 54.1. The highest BCUT2D eigenvalue weighted by Gasteiger charge is 2.37. The van der Waals surface area contributed by atoms with Crippen molar-refractivity contribution in [3.63, 3.8) is 0 Å². The zero-order valence-electron chi connectivity index (χ0n) is 42.2. The van der Waals surface area contributed by atoms with Crippen molar-refractivity contribution in [2.45, 2.75) is 65.0 Å². The van der Waals surface area contributed by atoms with Gasteiger partial charge >= 0.3 is 0 Å². The number of ketones is 4. The number of carbonyl (C=O) groups is 4. The molecule has 0 amide bonds. The van der Waals surface area contributed by atoms with Gasteiger partial charge < -0.3 is 61.3 Å². The third-order valence-corrected chi connectivity index (χ3v) is 15.0. The lowest BCUT2D eigenvalue weighted by molar-refractivity contribution is -0.480. The van der Waals surface area contributed by atoms with E-state index in [0.717, 1.165) is 34.7 Å². The van der Waals surface area contributed by atoms with Crippen LogP contribution in [0.2, 0.25) is 0 Å². The number of benzene rings is 6. The van der Waals surface area contributed by atoms with Gasteiger partial charge in [0.2, 0.25) is 5.78 Å². The van der Waals surface area contributed by atoms with Crippen molar-refractivity contribution in [1.82, 2.24) is 0 Å². The number of aromatic hydroxyl groups is 2. The van der Waals surface area contributed by atoms with Crippen LogP contribution in [-0.2, 0) is 36.5 Å². The molecule has 0 saturated heterocycles. The molecule has 2 aliphatic rings. The van der Waals surface area contributed by atoms with Crippen LogP contribution in [0.1, 0.15) is 103 Å². The van der Waals surface area contributed by atoms with Gasteiger partial charge in [-0.2, -0.15) is 0 Å². The molecule has 6 N–H and O–H groups in total. The molecule has 2 aliphatic carbocycles. The summed E-state index contributed by atoms with van der Waals surface area (Å²) in [6.07, 6.45) is 1.01. The van der Waals surface area contributed by atoms with Gasteiger partial charge in [-0.3, -0.25) is 24.5 Å². The standard InChI is InChI=1S/C29H29Br2NO6.C28H27Br2NO6.BrH/c1-16(14-36-3)38-15-17(2)37-11-10-18-12-21(30)27(22(31)13-18)32-23-8-9-24(33)26-25(23)28(34)19-6-4-5-7-20(19)29(26)35;1-15(13-32)37-14-16(2)36-10-9-17-11-20(29)26(21(30)12-17)31-22-7-8-23(33)25-24(22)27(34)18-5-3-4-6-19(18)28(25)35;/h4-9,12-13,16-17,32-33H,10-11,14-15H2,1-3H3;3-8,11-12,15-16,31-33H,9-10,13-14H2,1-2H3;1H.